The Hall–Kier alpha value is -1.85. The number of hydrogen-bond donors (Lipinski definition) is 1. The lowest BCUT2D eigenvalue weighted by Crippen LogP contribution is -2.36. The number of aromatic nitrogens is 2. The minimum Gasteiger partial charge on any atom is -0.345 e. The largest absolute Gasteiger partial charge is 0.345 e. The monoisotopic (exact) mass is 365 g/mol. The molecule has 1 atom stereocenters. The third-order valence-corrected chi connectivity index (χ3v) is 5.39. The zero-order valence-corrected chi connectivity index (χ0v) is 15.1. The molecular formula is C17H17Cl2N3O2. The van der Waals surface area contributed by atoms with E-state index in [0.29, 0.717) is 21.3 Å². The molecule has 0 spiro atoms. The molecule has 1 amide bonds. The Morgan fingerprint density at radius 1 is 1.33 bits per heavy atom. The lowest BCUT2D eigenvalue weighted by Gasteiger charge is -2.16. The molecule has 0 fully saturated rings. The van der Waals surface area contributed by atoms with Crippen molar-refractivity contribution < 1.29 is 4.79 Å². The van der Waals surface area contributed by atoms with Crippen molar-refractivity contribution in [3.05, 3.63) is 60.5 Å². The van der Waals surface area contributed by atoms with Crippen LogP contribution in [0, 0.1) is 13.8 Å². The van der Waals surface area contributed by atoms with Gasteiger partial charge in [0.15, 0.2) is 0 Å². The number of nitrogens with zero attached hydrogens (tertiary/aromatic N) is 2. The number of rotatable bonds is 2. The van der Waals surface area contributed by atoms with Gasteiger partial charge in [-0.15, -0.1) is 0 Å². The van der Waals surface area contributed by atoms with E-state index in [9.17, 15) is 9.59 Å². The van der Waals surface area contributed by atoms with Crippen LogP contribution in [-0.4, -0.2) is 15.7 Å². The Kier molecular flexibility index (Phi) is 4.40. The molecule has 2 aromatic rings. The van der Waals surface area contributed by atoms with Crippen LogP contribution in [-0.2, 0) is 13.5 Å². The molecule has 1 heterocycles. The topological polar surface area (TPSA) is 64.0 Å². The molecule has 7 heteroatoms. The molecule has 1 N–H and O–H groups in total. The van der Waals surface area contributed by atoms with E-state index in [0.717, 1.165) is 24.0 Å². The third-order valence-electron chi connectivity index (χ3n) is 4.55. The molecule has 0 saturated carbocycles. The molecule has 0 saturated heterocycles. The quantitative estimate of drug-likeness (QED) is 0.888. The number of hydrogen-bond acceptors (Lipinski definition) is 3. The zero-order chi connectivity index (χ0) is 17.6. The first-order chi connectivity index (χ1) is 11.3. The predicted molar refractivity (Wildman–Crippen MR) is 93.9 cm³/mol. The summed E-state index contributed by atoms with van der Waals surface area (Å²) >= 11 is 12.3. The lowest BCUT2D eigenvalue weighted by molar-refractivity contribution is 0.0933. The van der Waals surface area contributed by atoms with Gasteiger partial charge in [0.1, 0.15) is 5.56 Å². The Bertz CT molecular complexity index is 906. The van der Waals surface area contributed by atoms with Gasteiger partial charge in [-0.25, -0.2) is 4.68 Å². The zero-order valence-electron chi connectivity index (χ0n) is 13.6. The molecule has 0 bridgehead atoms. The van der Waals surface area contributed by atoms with Gasteiger partial charge in [0.05, 0.1) is 21.8 Å². The van der Waals surface area contributed by atoms with Gasteiger partial charge in [0.2, 0.25) is 0 Å². The van der Waals surface area contributed by atoms with Crippen LogP contribution in [0.1, 0.15) is 45.2 Å². The summed E-state index contributed by atoms with van der Waals surface area (Å²) in [6.45, 7) is 3.51. The molecule has 24 heavy (non-hydrogen) atoms. The lowest BCUT2D eigenvalue weighted by atomic mass is 10.1. The Morgan fingerprint density at radius 2 is 2.04 bits per heavy atom. The number of carbonyl (C=O) groups is 1. The van der Waals surface area contributed by atoms with Crippen molar-refractivity contribution in [3.63, 3.8) is 0 Å². The smallest absolute Gasteiger partial charge is 0.279 e. The molecule has 126 valence electrons. The number of nitrogens with one attached hydrogen (secondary N) is 1. The SMILES string of the molecule is Cc1nn(C)c(=O)c(C(=O)NC2CCc3c2ccc(Cl)c3Cl)c1C. The fourth-order valence-electron chi connectivity index (χ4n) is 3.13. The van der Waals surface area contributed by atoms with Crippen LogP contribution in [0.2, 0.25) is 10.0 Å². The van der Waals surface area contributed by atoms with E-state index in [2.05, 4.69) is 10.4 Å². The van der Waals surface area contributed by atoms with Crippen molar-refractivity contribution in [2.75, 3.05) is 0 Å². The van der Waals surface area contributed by atoms with Crippen molar-refractivity contribution in [1.29, 1.82) is 0 Å². The second kappa shape index (κ2) is 6.22. The van der Waals surface area contributed by atoms with Gasteiger partial charge >= 0.3 is 0 Å². The van der Waals surface area contributed by atoms with E-state index < -0.39 is 5.56 Å². The van der Waals surface area contributed by atoms with Gasteiger partial charge in [0.25, 0.3) is 11.5 Å². The predicted octanol–water partition coefficient (Wildman–Crippen LogP) is 3.12. The van der Waals surface area contributed by atoms with Crippen molar-refractivity contribution in [2.24, 2.45) is 7.05 Å². The molecule has 5 nitrogen and oxygen atoms in total. The molecule has 1 aliphatic rings. The van der Waals surface area contributed by atoms with Crippen LogP contribution in [0.5, 0.6) is 0 Å². The van der Waals surface area contributed by atoms with Crippen LogP contribution < -0.4 is 10.9 Å². The molecule has 1 aliphatic carbocycles. The molecule has 0 aliphatic heterocycles. The summed E-state index contributed by atoms with van der Waals surface area (Å²) in [5.41, 5.74) is 2.91. The molecule has 1 aromatic heterocycles. The second-order valence-electron chi connectivity index (χ2n) is 6.01. The van der Waals surface area contributed by atoms with Crippen LogP contribution in [0.15, 0.2) is 16.9 Å². The maximum absolute atomic E-state index is 12.7. The van der Waals surface area contributed by atoms with Crippen molar-refractivity contribution >= 4 is 29.1 Å². The van der Waals surface area contributed by atoms with E-state index in [1.165, 1.54) is 11.7 Å². The Morgan fingerprint density at radius 3 is 2.75 bits per heavy atom. The van der Waals surface area contributed by atoms with Gasteiger partial charge < -0.3 is 5.32 Å². The minimum absolute atomic E-state index is 0.138. The number of benzene rings is 1. The fraction of sp³-hybridized carbons (Fsp3) is 0.353. The Labute approximate surface area is 149 Å². The van der Waals surface area contributed by atoms with Crippen LogP contribution in [0.3, 0.4) is 0 Å². The first kappa shape index (κ1) is 17.0. The van der Waals surface area contributed by atoms with E-state index in [1.54, 1.807) is 19.9 Å². The van der Waals surface area contributed by atoms with E-state index in [1.807, 2.05) is 6.07 Å². The molecular weight excluding hydrogens is 349 g/mol. The van der Waals surface area contributed by atoms with E-state index in [4.69, 9.17) is 23.2 Å². The summed E-state index contributed by atoms with van der Waals surface area (Å²) in [7, 11) is 1.54. The first-order valence-electron chi connectivity index (χ1n) is 7.63. The van der Waals surface area contributed by atoms with Crippen LogP contribution in [0.25, 0.3) is 0 Å². The summed E-state index contributed by atoms with van der Waals surface area (Å²) in [5, 5.41) is 8.10. The van der Waals surface area contributed by atoms with Crippen molar-refractivity contribution in [3.8, 4) is 0 Å². The number of fused-ring (bicyclic) bond motifs is 1. The van der Waals surface area contributed by atoms with Gasteiger partial charge in [0, 0.05) is 7.05 Å². The van der Waals surface area contributed by atoms with Gasteiger partial charge in [-0.2, -0.15) is 5.10 Å². The van der Waals surface area contributed by atoms with Gasteiger partial charge in [-0.05, 0) is 49.4 Å². The highest BCUT2D eigenvalue weighted by Gasteiger charge is 2.28. The Balaban J connectivity index is 1.94. The van der Waals surface area contributed by atoms with E-state index in [-0.39, 0.29) is 17.5 Å². The highest BCUT2D eigenvalue weighted by atomic mass is 35.5. The van der Waals surface area contributed by atoms with Gasteiger partial charge in [-0.1, -0.05) is 29.3 Å². The fourth-order valence-corrected chi connectivity index (χ4v) is 3.57. The van der Waals surface area contributed by atoms with Crippen molar-refractivity contribution in [2.45, 2.75) is 32.7 Å². The number of carbonyl (C=O) groups excluding carboxylic acids is 1. The first-order valence-corrected chi connectivity index (χ1v) is 8.39. The second-order valence-corrected chi connectivity index (χ2v) is 6.79. The summed E-state index contributed by atoms with van der Waals surface area (Å²) in [5.74, 6) is -0.387. The highest BCUT2D eigenvalue weighted by molar-refractivity contribution is 6.42. The number of aryl methyl sites for hydroxylation is 2. The molecule has 0 radical (unpaired) electrons. The van der Waals surface area contributed by atoms with Crippen LogP contribution in [0.4, 0.5) is 0 Å². The average Bonchev–Trinajstić information content (AvgIpc) is 2.93. The van der Waals surface area contributed by atoms with E-state index >= 15 is 0 Å². The molecule has 1 unspecified atom stereocenters. The maximum atomic E-state index is 12.7. The summed E-state index contributed by atoms with van der Waals surface area (Å²) in [6, 6.07) is 3.43. The molecule has 1 aromatic carbocycles. The third kappa shape index (κ3) is 2.72. The van der Waals surface area contributed by atoms with Gasteiger partial charge in [-0.3, -0.25) is 9.59 Å². The standard InChI is InChI=1S/C17H17Cl2N3O2/c1-8-9(2)21-22(3)17(24)14(8)16(23)20-13-7-5-11-10(13)4-6-12(18)15(11)19/h4,6,13H,5,7H2,1-3H3,(H,20,23). The number of amides is 1. The minimum atomic E-state index is -0.400. The number of halogens is 2. The highest BCUT2D eigenvalue weighted by Crippen LogP contribution is 2.39. The van der Waals surface area contributed by atoms with Crippen molar-refractivity contribution in [1.82, 2.24) is 15.1 Å². The maximum Gasteiger partial charge on any atom is 0.279 e. The summed E-state index contributed by atoms with van der Waals surface area (Å²) in [4.78, 5) is 25.0. The average molecular weight is 366 g/mol. The summed E-state index contributed by atoms with van der Waals surface area (Å²) in [6.07, 6.45) is 1.47. The van der Waals surface area contributed by atoms with Crippen LogP contribution >= 0.6 is 23.2 Å². The molecule has 3 rings (SSSR count). The normalized spacial score (nSPS) is 16.1. The summed E-state index contributed by atoms with van der Waals surface area (Å²) < 4.78 is 1.19.